The first-order chi connectivity index (χ1) is 18.8. The van der Waals surface area contributed by atoms with Crippen molar-refractivity contribution in [1.29, 1.82) is 0 Å². The zero-order valence-corrected chi connectivity index (χ0v) is 22.3. The minimum atomic E-state index is -5.21. The number of halogens is 3. The number of nitrogens with zero attached hydrogens (tertiary/aromatic N) is 1. The number of hydrogen-bond donors (Lipinski definition) is 3. The van der Waals surface area contributed by atoms with Crippen molar-refractivity contribution in [3.05, 3.63) is 78.9 Å². The quantitative estimate of drug-likeness (QED) is 0.388. The summed E-state index contributed by atoms with van der Waals surface area (Å²) in [4.78, 5) is 53.4. The van der Waals surface area contributed by atoms with Crippen LogP contribution in [0.1, 0.15) is 32.3 Å². The molecule has 1 aliphatic rings. The molecule has 0 aliphatic carbocycles. The van der Waals surface area contributed by atoms with E-state index in [1.54, 1.807) is 79.8 Å². The van der Waals surface area contributed by atoms with Gasteiger partial charge in [-0.25, -0.2) is 0 Å². The average molecular weight is 559 g/mol. The number of carbonyl (C=O) groups is 4. The lowest BCUT2D eigenvalue weighted by Crippen LogP contribution is -2.61. The van der Waals surface area contributed by atoms with E-state index in [2.05, 4.69) is 17.2 Å². The van der Waals surface area contributed by atoms with Crippen LogP contribution in [-0.2, 0) is 25.6 Å². The highest BCUT2D eigenvalue weighted by Crippen LogP contribution is 2.28. The predicted molar refractivity (Wildman–Crippen MR) is 144 cm³/mol. The number of amides is 4. The monoisotopic (exact) mass is 558 g/mol. The number of nitrogens with one attached hydrogen (secondary N) is 3. The lowest BCUT2D eigenvalue weighted by atomic mass is 9.83. The van der Waals surface area contributed by atoms with Crippen LogP contribution in [0.5, 0.6) is 0 Å². The zero-order valence-electron chi connectivity index (χ0n) is 22.3. The van der Waals surface area contributed by atoms with Crippen LogP contribution < -0.4 is 16.0 Å². The van der Waals surface area contributed by atoms with Crippen LogP contribution in [0.25, 0.3) is 0 Å². The van der Waals surface area contributed by atoms with Crippen LogP contribution in [0.15, 0.2) is 73.3 Å². The Hall–Kier alpha value is -4.15. The molecule has 0 bridgehead atoms. The molecular formula is C29H33F3N4O4. The van der Waals surface area contributed by atoms with Gasteiger partial charge in [-0.2, -0.15) is 13.2 Å². The molecule has 2 aromatic carbocycles. The summed E-state index contributed by atoms with van der Waals surface area (Å²) in [7, 11) is 0. The first-order valence-corrected chi connectivity index (χ1v) is 12.9. The van der Waals surface area contributed by atoms with Gasteiger partial charge in [0.05, 0.1) is 0 Å². The SMILES string of the molecule is C=CC(C)(C)[C@@H](NC(=O)[C@H](Cc1ccccc1)NC(=O)C(F)(F)F)C(=O)N1CCC[C@H]1C(=O)Nc1ccccc1. The van der Waals surface area contributed by atoms with E-state index in [9.17, 15) is 32.3 Å². The van der Waals surface area contributed by atoms with Crippen molar-refractivity contribution in [2.75, 3.05) is 11.9 Å². The second kappa shape index (κ2) is 12.8. The van der Waals surface area contributed by atoms with Crippen molar-refractivity contribution < 1.29 is 32.3 Å². The van der Waals surface area contributed by atoms with Gasteiger partial charge in [-0.05, 0) is 30.5 Å². The van der Waals surface area contributed by atoms with Gasteiger partial charge in [0.25, 0.3) is 0 Å². The van der Waals surface area contributed by atoms with E-state index in [-0.39, 0.29) is 13.0 Å². The Balaban J connectivity index is 1.85. The molecule has 1 saturated heterocycles. The molecule has 3 atom stereocenters. The van der Waals surface area contributed by atoms with E-state index in [4.69, 9.17) is 0 Å². The van der Waals surface area contributed by atoms with Crippen LogP contribution >= 0.6 is 0 Å². The summed E-state index contributed by atoms with van der Waals surface area (Å²) in [5.74, 6) is -4.21. The van der Waals surface area contributed by atoms with Crippen molar-refractivity contribution in [3.8, 4) is 0 Å². The fourth-order valence-electron chi connectivity index (χ4n) is 4.44. The van der Waals surface area contributed by atoms with Crippen molar-refractivity contribution in [2.24, 2.45) is 5.41 Å². The first kappa shape index (κ1) is 30.4. The van der Waals surface area contributed by atoms with Crippen molar-refractivity contribution in [3.63, 3.8) is 0 Å². The second-order valence-electron chi connectivity index (χ2n) is 10.2. The van der Waals surface area contributed by atoms with Crippen LogP contribution in [0.3, 0.4) is 0 Å². The Morgan fingerprint density at radius 2 is 1.60 bits per heavy atom. The molecule has 3 rings (SSSR count). The zero-order chi connectivity index (χ0) is 29.5. The van der Waals surface area contributed by atoms with E-state index in [0.717, 1.165) is 0 Å². The van der Waals surface area contributed by atoms with Crippen molar-refractivity contribution in [2.45, 2.75) is 57.4 Å². The van der Waals surface area contributed by atoms with Gasteiger partial charge in [0.2, 0.25) is 17.7 Å². The van der Waals surface area contributed by atoms with Crippen LogP contribution in [0.2, 0.25) is 0 Å². The number of alkyl halides is 3. The number of hydrogen-bond acceptors (Lipinski definition) is 4. The fourth-order valence-corrected chi connectivity index (χ4v) is 4.44. The smallest absolute Gasteiger partial charge is 0.342 e. The number of carbonyl (C=O) groups excluding carboxylic acids is 4. The van der Waals surface area contributed by atoms with Gasteiger partial charge in [-0.15, -0.1) is 6.58 Å². The molecule has 0 saturated carbocycles. The standard InChI is InChI=1S/C29H33F3N4O4/c1-4-28(2,3)23(26(39)36-17-11-16-22(36)25(38)33-20-14-9-6-10-15-20)35-24(37)21(34-27(40)29(30,31)32)18-19-12-7-5-8-13-19/h4-10,12-15,21-23H,1,11,16-18H2,2-3H3,(H,33,38)(H,34,40)(H,35,37)/t21-,22-,23-/m0/s1. The lowest BCUT2D eigenvalue weighted by Gasteiger charge is -2.36. The molecule has 0 unspecified atom stereocenters. The van der Waals surface area contributed by atoms with Gasteiger partial charge in [0, 0.05) is 24.1 Å². The Morgan fingerprint density at radius 3 is 2.17 bits per heavy atom. The normalized spacial score (nSPS) is 16.9. The van der Waals surface area contributed by atoms with E-state index in [1.165, 1.54) is 11.0 Å². The number of benzene rings is 2. The molecule has 214 valence electrons. The maximum atomic E-state index is 13.8. The highest BCUT2D eigenvalue weighted by atomic mass is 19.4. The van der Waals surface area contributed by atoms with Crippen molar-refractivity contribution in [1.82, 2.24) is 15.5 Å². The molecular weight excluding hydrogens is 525 g/mol. The lowest BCUT2D eigenvalue weighted by molar-refractivity contribution is -0.174. The van der Waals surface area contributed by atoms with Crippen LogP contribution in [0, 0.1) is 5.41 Å². The predicted octanol–water partition coefficient (Wildman–Crippen LogP) is 3.60. The molecule has 0 spiro atoms. The highest BCUT2D eigenvalue weighted by molar-refractivity contribution is 5.99. The van der Waals surface area contributed by atoms with Crippen LogP contribution in [-0.4, -0.2) is 59.4 Å². The van der Waals surface area contributed by atoms with E-state index >= 15 is 0 Å². The fraction of sp³-hybridized carbons (Fsp3) is 0.379. The van der Waals surface area contributed by atoms with Crippen LogP contribution in [0.4, 0.5) is 18.9 Å². The summed E-state index contributed by atoms with van der Waals surface area (Å²) in [6, 6.07) is 13.3. The molecule has 11 heteroatoms. The molecule has 8 nitrogen and oxygen atoms in total. The summed E-state index contributed by atoms with van der Waals surface area (Å²) in [6.45, 7) is 7.28. The summed E-state index contributed by atoms with van der Waals surface area (Å²) in [5.41, 5.74) is 0.0154. The Kier molecular flexibility index (Phi) is 9.73. The summed E-state index contributed by atoms with van der Waals surface area (Å²) in [5, 5.41) is 7.10. The molecule has 0 aromatic heterocycles. The minimum absolute atomic E-state index is 0.240. The molecule has 1 heterocycles. The molecule has 0 radical (unpaired) electrons. The topological polar surface area (TPSA) is 108 Å². The molecule has 40 heavy (non-hydrogen) atoms. The minimum Gasteiger partial charge on any atom is -0.342 e. The van der Waals surface area contributed by atoms with Gasteiger partial charge >= 0.3 is 12.1 Å². The average Bonchev–Trinajstić information content (AvgIpc) is 3.42. The third-order valence-corrected chi connectivity index (χ3v) is 6.85. The molecule has 1 fully saturated rings. The molecule has 1 aliphatic heterocycles. The maximum Gasteiger partial charge on any atom is 0.471 e. The van der Waals surface area contributed by atoms with Gasteiger partial charge in [-0.3, -0.25) is 19.2 Å². The Labute approximate surface area is 231 Å². The third-order valence-electron chi connectivity index (χ3n) is 6.85. The Bertz CT molecular complexity index is 1220. The number of para-hydroxylation sites is 1. The van der Waals surface area contributed by atoms with Gasteiger partial charge < -0.3 is 20.9 Å². The van der Waals surface area contributed by atoms with Gasteiger partial charge in [-0.1, -0.05) is 68.5 Å². The molecule has 2 aromatic rings. The summed E-state index contributed by atoms with van der Waals surface area (Å²) in [6.07, 6.45) is -3.05. The van der Waals surface area contributed by atoms with Gasteiger partial charge in [0.15, 0.2) is 0 Å². The number of rotatable bonds is 10. The molecule has 4 amide bonds. The summed E-state index contributed by atoms with van der Waals surface area (Å²) < 4.78 is 39.2. The summed E-state index contributed by atoms with van der Waals surface area (Å²) >= 11 is 0. The largest absolute Gasteiger partial charge is 0.471 e. The maximum absolute atomic E-state index is 13.8. The van der Waals surface area contributed by atoms with E-state index in [0.29, 0.717) is 24.1 Å². The Morgan fingerprint density at radius 1 is 1.00 bits per heavy atom. The number of anilines is 1. The van der Waals surface area contributed by atoms with E-state index < -0.39 is 53.3 Å². The highest BCUT2D eigenvalue weighted by Gasteiger charge is 2.45. The number of likely N-dealkylation sites (tertiary alicyclic amines) is 1. The van der Waals surface area contributed by atoms with E-state index in [1.807, 2.05) is 0 Å². The second-order valence-corrected chi connectivity index (χ2v) is 10.2. The first-order valence-electron chi connectivity index (χ1n) is 12.9. The molecule has 3 N–H and O–H groups in total. The van der Waals surface area contributed by atoms with Crippen molar-refractivity contribution >= 4 is 29.3 Å². The third kappa shape index (κ3) is 7.71. The van der Waals surface area contributed by atoms with Gasteiger partial charge in [0.1, 0.15) is 18.1 Å².